The zero-order chi connectivity index (χ0) is 21.5. The molecule has 2 aromatic carbocycles. The van der Waals surface area contributed by atoms with Gasteiger partial charge >= 0.3 is 0 Å². The number of amides is 1. The van der Waals surface area contributed by atoms with Crippen LogP contribution < -0.4 is 10.1 Å². The van der Waals surface area contributed by atoms with Gasteiger partial charge < -0.3 is 10.1 Å². The van der Waals surface area contributed by atoms with Crippen molar-refractivity contribution in [3.63, 3.8) is 0 Å². The number of ether oxygens (including phenoxy) is 1. The molecule has 0 spiro atoms. The minimum absolute atomic E-state index is 0.0555. The molecule has 6 nitrogen and oxygen atoms in total. The molecule has 0 radical (unpaired) electrons. The highest BCUT2D eigenvalue weighted by molar-refractivity contribution is 7.07. The lowest BCUT2D eigenvalue weighted by atomic mass is 10.1. The van der Waals surface area contributed by atoms with Gasteiger partial charge in [0.2, 0.25) is 5.91 Å². The molecule has 2 heterocycles. The molecule has 4 rings (SSSR count). The molecule has 0 unspecified atom stereocenters. The summed E-state index contributed by atoms with van der Waals surface area (Å²) >= 11 is 1.16. The highest BCUT2D eigenvalue weighted by atomic mass is 32.1. The van der Waals surface area contributed by atoms with Crippen molar-refractivity contribution >= 4 is 17.4 Å². The lowest BCUT2D eigenvalue weighted by Crippen LogP contribution is -2.24. The smallest absolute Gasteiger partial charge is 0.298 e. The highest BCUT2D eigenvalue weighted by Crippen LogP contribution is 2.24. The number of halogens is 1. The SMILES string of the molecule is O=C(Cc1ccc(Oc2nc(Cc3ccc(F)cc3)ns2)cc1)NCc1ccncc1. The van der Waals surface area contributed by atoms with E-state index in [-0.39, 0.29) is 18.1 Å². The Morgan fingerprint density at radius 2 is 1.65 bits per heavy atom. The molecule has 1 amide bonds. The van der Waals surface area contributed by atoms with Crippen LogP contribution in [0.25, 0.3) is 0 Å². The molecule has 0 atom stereocenters. The van der Waals surface area contributed by atoms with Gasteiger partial charge in [-0.05, 0) is 53.1 Å². The Bertz CT molecular complexity index is 1130. The number of pyridine rings is 1. The zero-order valence-corrected chi connectivity index (χ0v) is 17.3. The van der Waals surface area contributed by atoms with Crippen LogP contribution in [0.1, 0.15) is 22.5 Å². The Balaban J connectivity index is 1.28. The summed E-state index contributed by atoms with van der Waals surface area (Å²) in [6.45, 7) is 0.472. The topological polar surface area (TPSA) is 77.0 Å². The third-order valence-corrected chi connectivity index (χ3v) is 5.09. The van der Waals surface area contributed by atoms with Crippen LogP contribution in [-0.2, 0) is 24.2 Å². The summed E-state index contributed by atoms with van der Waals surface area (Å²) < 4.78 is 23.1. The van der Waals surface area contributed by atoms with Crippen molar-refractivity contribution in [2.24, 2.45) is 0 Å². The lowest BCUT2D eigenvalue weighted by Gasteiger charge is -2.06. The summed E-state index contributed by atoms with van der Waals surface area (Å²) in [4.78, 5) is 20.5. The van der Waals surface area contributed by atoms with Gasteiger partial charge in [0.1, 0.15) is 11.6 Å². The van der Waals surface area contributed by atoms with Gasteiger partial charge in [0.15, 0.2) is 5.82 Å². The number of nitrogens with one attached hydrogen (secondary N) is 1. The largest absolute Gasteiger partial charge is 0.430 e. The summed E-state index contributed by atoms with van der Waals surface area (Å²) in [6, 6.07) is 17.3. The van der Waals surface area contributed by atoms with Gasteiger partial charge in [0, 0.05) is 36.9 Å². The molecule has 0 aliphatic heterocycles. The van der Waals surface area contributed by atoms with Gasteiger partial charge in [0.05, 0.1) is 6.42 Å². The number of carbonyl (C=O) groups excluding carboxylic acids is 1. The number of hydrogen-bond acceptors (Lipinski definition) is 6. The van der Waals surface area contributed by atoms with Crippen LogP contribution in [0.15, 0.2) is 73.1 Å². The summed E-state index contributed by atoms with van der Waals surface area (Å²) in [5.41, 5.74) is 2.81. The molecule has 0 saturated carbocycles. The highest BCUT2D eigenvalue weighted by Gasteiger charge is 2.09. The van der Waals surface area contributed by atoms with E-state index in [9.17, 15) is 9.18 Å². The fraction of sp³-hybridized carbons (Fsp3) is 0.130. The number of hydrogen-bond donors (Lipinski definition) is 1. The molecule has 0 saturated heterocycles. The first-order valence-electron chi connectivity index (χ1n) is 9.63. The maximum absolute atomic E-state index is 13.0. The maximum atomic E-state index is 13.0. The molecule has 0 bridgehead atoms. The monoisotopic (exact) mass is 434 g/mol. The van der Waals surface area contributed by atoms with Gasteiger partial charge in [-0.15, -0.1) is 0 Å². The van der Waals surface area contributed by atoms with E-state index in [0.29, 0.717) is 29.7 Å². The molecule has 8 heteroatoms. The molecule has 2 aromatic heterocycles. The fourth-order valence-corrected chi connectivity index (χ4v) is 3.43. The number of rotatable bonds is 8. The van der Waals surface area contributed by atoms with Crippen molar-refractivity contribution < 1.29 is 13.9 Å². The van der Waals surface area contributed by atoms with Gasteiger partial charge in [-0.3, -0.25) is 9.78 Å². The second-order valence-electron chi connectivity index (χ2n) is 6.83. The van der Waals surface area contributed by atoms with E-state index < -0.39 is 0 Å². The van der Waals surface area contributed by atoms with Crippen molar-refractivity contribution in [2.75, 3.05) is 0 Å². The zero-order valence-electron chi connectivity index (χ0n) is 16.5. The van der Waals surface area contributed by atoms with Gasteiger partial charge in [-0.25, -0.2) is 4.39 Å². The second kappa shape index (κ2) is 9.90. The first kappa shape index (κ1) is 20.6. The molecule has 0 aliphatic rings. The molecule has 156 valence electrons. The third kappa shape index (κ3) is 6.16. The van der Waals surface area contributed by atoms with Crippen LogP contribution in [0.2, 0.25) is 0 Å². The molecule has 31 heavy (non-hydrogen) atoms. The Kier molecular flexibility index (Phi) is 6.59. The predicted molar refractivity (Wildman–Crippen MR) is 115 cm³/mol. The van der Waals surface area contributed by atoms with E-state index in [2.05, 4.69) is 19.7 Å². The molecular formula is C23H19FN4O2S. The molecule has 0 aliphatic carbocycles. The standard InChI is InChI=1S/C23H19FN4O2S/c24-19-5-1-16(2-6-19)13-21-27-23(31-28-21)30-20-7-3-17(4-8-20)14-22(29)26-15-18-9-11-25-12-10-18/h1-12H,13-15H2,(H,26,29). The van der Waals surface area contributed by atoms with Crippen LogP contribution in [0.5, 0.6) is 10.9 Å². The third-order valence-electron chi connectivity index (χ3n) is 4.46. The van der Waals surface area contributed by atoms with E-state index in [1.165, 1.54) is 12.1 Å². The van der Waals surface area contributed by atoms with E-state index >= 15 is 0 Å². The first-order valence-corrected chi connectivity index (χ1v) is 10.4. The van der Waals surface area contributed by atoms with Crippen LogP contribution in [0.4, 0.5) is 4.39 Å². The van der Waals surface area contributed by atoms with Crippen LogP contribution in [0.3, 0.4) is 0 Å². The molecule has 4 aromatic rings. The predicted octanol–water partition coefficient (Wildman–Crippen LogP) is 4.31. The Morgan fingerprint density at radius 3 is 2.39 bits per heavy atom. The molecule has 0 fully saturated rings. The average molecular weight is 434 g/mol. The molecule has 1 N–H and O–H groups in total. The van der Waals surface area contributed by atoms with Crippen molar-refractivity contribution in [3.8, 4) is 10.9 Å². The lowest BCUT2D eigenvalue weighted by molar-refractivity contribution is -0.120. The quantitative estimate of drug-likeness (QED) is 0.447. The molecular weight excluding hydrogens is 415 g/mol. The summed E-state index contributed by atoms with van der Waals surface area (Å²) in [5, 5.41) is 3.32. The van der Waals surface area contributed by atoms with E-state index in [1.807, 2.05) is 24.3 Å². The van der Waals surface area contributed by atoms with Gasteiger partial charge in [-0.2, -0.15) is 9.36 Å². The minimum Gasteiger partial charge on any atom is -0.430 e. The summed E-state index contributed by atoms with van der Waals surface area (Å²) in [7, 11) is 0. The Morgan fingerprint density at radius 1 is 0.935 bits per heavy atom. The second-order valence-corrected chi connectivity index (χ2v) is 7.55. The normalized spacial score (nSPS) is 10.6. The van der Waals surface area contributed by atoms with E-state index in [1.54, 1.807) is 36.7 Å². The number of benzene rings is 2. The Hall–Kier alpha value is -3.65. The van der Waals surface area contributed by atoms with Crippen LogP contribution in [0, 0.1) is 5.82 Å². The van der Waals surface area contributed by atoms with Crippen molar-refractivity contribution in [1.82, 2.24) is 19.7 Å². The van der Waals surface area contributed by atoms with Crippen LogP contribution in [-0.4, -0.2) is 20.2 Å². The van der Waals surface area contributed by atoms with Crippen LogP contribution >= 0.6 is 11.5 Å². The maximum Gasteiger partial charge on any atom is 0.298 e. The number of aromatic nitrogens is 3. The number of carbonyl (C=O) groups is 1. The summed E-state index contributed by atoms with van der Waals surface area (Å²) in [5.74, 6) is 0.910. The first-order chi connectivity index (χ1) is 15.1. The van der Waals surface area contributed by atoms with Gasteiger partial charge in [0.25, 0.3) is 5.19 Å². The van der Waals surface area contributed by atoms with Crippen molar-refractivity contribution in [1.29, 1.82) is 0 Å². The number of nitrogens with zero attached hydrogens (tertiary/aromatic N) is 3. The van der Waals surface area contributed by atoms with Gasteiger partial charge in [-0.1, -0.05) is 24.3 Å². The fourth-order valence-electron chi connectivity index (χ4n) is 2.86. The van der Waals surface area contributed by atoms with Crippen molar-refractivity contribution in [3.05, 3.63) is 101 Å². The minimum atomic E-state index is -0.270. The van der Waals surface area contributed by atoms with Crippen molar-refractivity contribution in [2.45, 2.75) is 19.4 Å². The van der Waals surface area contributed by atoms with E-state index in [0.717, 1.165) is 28.2 Å². The Labute approximate surface area is 182 Å². The average Bonchev–Trinajstić information content (AvgIpc) is 3.23. The summed E-state index contributed by atoms with van der Waals surface area (Å²) in [6.07, 6.45) is 4.19. The van der Waals surface area contributed by atoms with E-state index in [4.69, 9.17) is 4.74 Å².